The Morgan fingerprint density at radius 2 is 2.00 bits per heavy atom. The van der Waals surface area contributed by atoms with E-state index in [-0.39, 0.29) is 23.4 Å². The molecule has 1 aromatic heterocycles. The molecule has 2 amide bonds. The second-order valence-electron chi connectivity index (χ2n) is 6.21. The number of thioether (sulfide) groups is 1. The third-order valence-electron chi connectivity index (χ3n) is 4.09. The number of nitrogens with zero attached hydrogens (tertiary/aromatic N) is 2. The summed E-state index contributed by atoms with van der Waals surface area (Å²) in [5.74, 6) is -0.594. The number of amidine groups is 1. The van der Waals surface area contributed by atoms with E-state index in [2.05, 4.69) is 34.3 Å². The van der Waals surface area contributed by atoms with E-state index in [1.165, 1.54) is 5.56 Å². The van der Waals surface area contributed by atoms with Gasteiger partial charge in [-0.05, 0) is 48.9 Å². The maximum Gasteiger partial charge on any atom is 0.262 e. The van der Waals surface area contributed by atoms with Crippen LogP contribution in [0.1, 0.15) is 12.0 Å². The molecule has 4 rings (SSSR count). The molecule has 0 saturated carbocycles. The van der Waals surface area contributed by atoms with Crippen LogP contribution in [0.4, 0.5) is 5.69 Å². The summed E-state index contributed by atoms with van der Waals surface area (Å²) in [4.78, 5) is 32.0. The third-order valence-corrected chi connectivity index (χ3v) is 6.14. The van der Waals surface area contributed by atoms with E-state index < -0.39 is 5.25 Å². The quantitative estimate of drug-likeness (QED) is 0.703. The first-order valence-electron chi connectivity index (χ1n) is 8.30. The highest BCUT2D eigenvalue weighted by atomic mass is 32.2. The van der Waals surface area contributed by atoms with Gasteiger partial charge in [-0.2, -0.15) is 4.99 Å². The van der Waals surface area contributed by atoms with Gasteiger partial charge in [0.15, 0.2) is 5.17 Å². The molecule has 1 aliphatic rings. The smallest absolute Gasteiger partial charge is 0.262 e. The summed E-state index contributed by atoms with van der Waals surface area (Å²) >= 11 is 2.77. The minimum Gasteiger partial charge on any atom is -0.378 e. The molecule has 3 aromatic rings. The predicted octanol–water partition coefficient (Wildman–Crippen LogP) is 3.56. The Labute approximate surface area is 163 Å². The van der Waals surface area contributed by atoms with E-state index in [4.69, 9.17) is 5.73 Å². The van der Waals surface area contributed by atoms with Crippen molar-refractivity contribution in [2.75, 3.05) is 5.32 Å². The van der Waals surface area contributed by atoms with E-state index in [9.17, 15) is 9.59 Å². The molecule has 136 valence electrons. The average molecular weight is 396 g/mol. The number of aliphatic imine (C=N–C) groups is 1. The highest BCUT2D eigenvalue weighted by Gasteiger charge is 2.29. The van der Waals surface area contributed by atoms with Crippen molar-refractivity contribution in [3.63, 3.8) is 0 Å². The van der Waals surface area contributed by atoms with Gasteiger partial charge in [-0.25, -0.2) is 4.98 Å². The molecule has 3 N–H and O–H groups in total. The van der Waals surface area contributed by atoms with E-state index in [0.29, 0.717) is 5.69 Å². The van der Waals surface area contributed by atoms with Crippen molar-refractivity contribution < 1.29 is 9.59 Å². The van der Waals surface area contributed by atoms with Crippen LogP contribution in [-0.4, -0.2) is 27.2 Å². The minimum absolute atomic E-state index is 0.0483. The average Bonchev–Trinajstić information content (AvgIpc) is 3.17. The molecule has 0 fully saturated rings. The van der Waals surface area contributed by atoms with E-state index in [1.54, 1.807) is 11.3 Å². The first-order valence-corrected chi connectivity index (χ1v) is 10.00. The molecule has 0 radical (unpaired) electrons. The number of hydrogen-bond donors (Lipinski definition) is 2. The van der Waals surface area contributed by atoms with Crippen molar-refractivity contribution in [2.24, 2.45) is 10.7 Å². The Kier molecular flexibility index (Phi) is 4.67. The number of carbonyl (C=O) groups is 2. The number of nitrogens with two attached hydrogens (primary N) is 1. The van der Waals surface area contributed by atoms with Gasteiger partial charge in [0.25, 0.3) is 5.91 Å². The lowest BCUT2D eigenvalue weighted by atomic mass is 10.2. The summed E-state index contributed by atoms with van der Waals surface area (Å²) in [7, 11) is 0. The molecule has 6 nitrogen and oxygen atoms in total. The van der Waals surface area contributed by atoms with Crippen LogP contribution in [0.25, 0.3) is 20.8 Å². The lowest BCUT2D eigenvalue weighted by Crippen LogP contribution is -2.21. The summed E-state index contributed by atoms with van der Waals surface area (Å²) in [5, 5.41) is 3.43. The molecule has 27 heavy (non-hydrogen) atoms. The van der Waals surface area contributed by atoms with E-state index >= 15 is 0 Å². The van der Waals surface area contributed by atoms with Gasteiger partial charge in [0.1, 0.15) is 10.3 Å². The molecule has 0 spiro atoms. The van der Waals surface area contributed by atoms with Gasteiger partial charge in [0, 0.05) is 17.7 Å². The predicted molar refractivity (Wildman–Crippen MR) is 111 cm³/mol. The fourth-order valence-electron chi connectivity index (χ4n) is 2.76. The molecule has 2 heterocycles. The Balaban J connectivity index is 1.44. The number of thiazole rings is 1. The molecule has 1 aliphatic heterocycles. The molecule has 2 aromatic carbocycles. The zero-order valence-electron chi connectivity index (χ0n) is 14.4. The van der Waals surface area contributed by atoms with Crippen molar-refractivity contribution in [1.82, 2.24) is 4.98 Å². The first-order chi connectivity index (χ1) is 13.0. The molecule has 0 saturated heterocycles. The molecule has 0 unspecified atom stereocenters. The summed E-state index contributed by atoms with van der Waals surface area (Å²) in [5.41, 5.74) is 9.37. The monoisotopic (exact) mass is 396 g/mol. The van der Waals surface area contributed by atoms with Crippen molar-refractivity contribution in [3.8, 4) is 10.6 Å². The fraction of sp³-hybridized carbons (Fsp3) is 0.158. The van der Waals surface area contributed by atoms with Gasteiger partial charge in [0.2, 0.25) is 5.91 Å². The number of aromatic nitrogens is 1. The van der Waals surface area contributed by atoms with Gasteiger partial charge in [-0.15, -0.1) is 11.3 Å². The van der Waals surface area contributed by atoms with Gasteiger partial charge in [0.05, 0.1) is 10.2 Å². The van der Waals surface area contributed by atoms with Crippen LogP contribution >= 0.6 is 23.1 Å². The highest BCUT2D eigenvalue weighted by Crippen LogP contribution is 2.31. The largest absolute Gasteiger partial charge is 0.378 e. The normalized spacial score (nSPS) is 16.6. The van der Waals surface area contributed by atoms with Crippen molar-refractivity contribution in [2.45, 2.75) is 18.6 Å². The van der Waals surface area contributed by atoms with Gasteiger partial charge in [-0.1, -0.05) is 17.8 Å². The van der Waals surface area contributed by atoms with E-state index in [0.717, 1.165) is 32.5 Å². The molecular formula is C19H16N4O2S2. The number of nitrogens with one attached hydrogen (secondary N) is 1. The van der Waals surface area contributed by atoms with Crippen molar-refractivity contribution >= 4 is 56.0 Å². The van der Waals surface area contributed by atoms with Crippen LogP contribution in [0, 0.1) is 6.92 Å². The van der Waals surface area contributed by atoms with Crippen molar-refractivity contribution in [1.29, 1.82) is 0 Å². The molecule has 8 heteroatoms. The number of amides is 2. The summed E-state index contributed by atoms with van der Waals surface area (Å²) in [6.07, 6.45) is 0.0483. The Bertz CT molecular complexity index is 1070. The van der Waals surface area contributed by atoms with E-state index in [1.807, 2.05) is 30.3 Å². The second kappa shape index (κ2) is 7.13. The lowest BCUT2D eigenvalue weighted by molar-refractivity contribution is -0.121. The summed E-state index contributed by atoms with van der Waals surface area (Å²) < 4.78 is 1.16. The third kappa shape index (κ3) is 3.86. The lowest BCUT2D eigenvalue weighted by Gasteiger charge is -2.08. The molecule has 1 atom stereocenters. The number of hydrogen-bond acceptors (Lipinski definition) is 6. The Morgan fingerprint density at radius 3 is 2.70 bits per heavy atom. The fourth-order valence-corrected chi connectivity index (χ4v) is 4.66. The number of rotatable bonds is 4. The number of benzene rings is 2. The van der Waals surface area contributed by atoms with Crippen LogP contribution in [0.2, 0.25) is 0 Å². The zero-order valence-corrected chi connectivity index (χ0v) is 16.1. The van der Waals surface area contributed by atoms with Crippen LogP contribution in [-0.2, 0) is 9.59 Å². The van der Waals surface area contributed by atoms with Gasteiger partial charge < -0.3 is 11.1 Å². The Morgan fingerprint density at radius 1 is 1.22 bits per heavy atom. The maximum absolute atomic E-state index is 12.1. The van der Waals surface area contributed by atoms with Crippen LogP contribution < -0.4 is 11.1 Å². The van der Waals surface area contributed by atoms with Crippen LogP contribution in [0.5, 0.6) is 0 Å². The van der Waals surface area contributed by atoms with Crippen LogP contribution in [0.3, 0.4) is 0 Å². The topological polar surface area (TPSA) is 97.4 Å². The molecule has 0 aliphatic carbocycles. The zero-order chi connectivity index (χ0) is 19.0. The minimum atomic E-state index is -0.532. The summed E-state index contributed by atoms with van der Waals surface area (Å²) in [6, 6.07) is 13.7. The summed E-state index contributed by atoms with van der Waals surface area (Å²) in [6.45, 7) is 2.06. The number of fused-ring (bicyclic) bond motifs is 1. The SMILES string of the molecule is Cc1ccc2nc(-c3ccc(NC(=O)C[C@H]4SC(N)=NC4=O)cc3)sc2c1. The molecule has 0 bridgehead atoms. The van der Waals surface area contributed by atoms with Gasteiger partial charge in [-0.3, -0.25) is 9.59 Å². The highest BCUT2D eigenvalue weighted by molar-refractivity contribution is 8.15. The van der Waals surface area contributed by atoms with Crippen molar-refractivity contribution in [3.05, 3.63) is 48.0 Å². The number of carbonyl (C=O) groups excluding carboxylic acids is 2. The Hall–Kier alpha value is -2.71. The first kappa shape index (κ1) is 17.7. The number of aryl methyl sites for hydroxylation is 1. The second-order valence-corrected chi connectivity index (χ2v) is 8.47. The maximum atomic E-state index is 12.1. The van der Waals surface area contributed by atoms with Crippen LogP contribution in [0.15, 0.2) is 47.5 Å². The molecular weight excluding hydrogens is 380 g/mol. The van der Waals surface area contributed by atoms with Gasteiger partial charge >= 0.3 is 0 Å². The number of anilines is 1. The standard InChI is InChI=1S/C19H16N4O2S2/c1-10-2-7-13-14(8-10)26-18(22-13)11-3-5-12(6-4-11)21-16(24)9-15-17(25)23-19(20)27-15/h2-8,15H,9H2,1H3,(H,21,24)(H2,20,23,25)/t15-/m1/s1.